The maximum absolute atomic E-state index is 11.5. The summed E-state index contributed by atoms with van der Waals surface area (Å²) in [7, 11) is 0. The van der Waals surface area contributed by atoms with E-state index in [0.29, 0.717) is 0 Å². The van der Waals surface area contributed by atoms with Gasteiger partial charge in [-0.15, -0.1) is 12.6 Å². The van der Waals surface area contributed by atoms with E-state index in [9.17, 15) is 9.90 Å². The van der Waals surface area contributed by atoms with Crippen LogP contribution >= 0.6 is 24.4 Å². The molecule has 4 nitrogen and oxygen atoms in total. The summed E-state index contributed by atoms with van der Waals surface area (Å²) in [5, 5.41) is 12.9. The van der Waals surface area contributed by atoms with Crippen LogP contribution in [-0.4, -0.2) is 20.6 Å². The molecule has 0 saturated heterocycles. The Morgan fingerprint density at radius 3 is 2.86 bits per heavy atom. The lowest BCUT2D eigenvalue weighted by molar-refractivity contribution is -0.137. The molecular weight excluding hydrogens is 400 g/mol. The summed E-state index contributed by atoms with van der Waals surface area (Å²) in [6.07, 6.45) is 3.77. The van der Waals surface area contributed by atoms with Crippen LogP contribution in [0.1, 0.15) is 30.9 Å². The number of rotatable bonds is 4. The Bertz CT molecular complexity index is 1250. The van der Waals surface area contributed by atoms with E-state index in [-0.39, 0.29) is 12.3 Å². The van der Waals surface area contributed by atoms with Crippen molar-refractivity contribution in [2.75, 3.05) is 0 Å². The van der Waals surface area contributed by atoms with Gasteiger partial charge in [0.1, 0.15) is 5.65 Å². The molecule has 0 aliphatic carbocycles. The number of carbonyl (C=O) groups is 1. The lowest BCUT2D eigenvalue weighted by Crippen LogP contribution is -2.18. The van der Waals surface area contributed by atoms with Crippen LogP contribution in [0.3, 0.4) is 0 Å². The van der Waals surface area contributed by atoms with Gasteiger partial charge in [0, 0.05) is 44.4 Å². The van der Waals surface area contributed by atoms with E-state index in [1.807, 2.05) is 18.2 Å². The predicted molar refractivity (Wildman–Crippen MR) is 119 cm³/mol. The van der Waals surface area contributed by atoms with Gasteiger partial charge in [0.2, 0.25) is 0 Å². The second-order valence-electron chi connectivity index (χ2n) is 7.44. The molecule has 29 heavy (non-hydrogen) atoms. The molecule has 1 atom stereocenters. The van der Waals surface area contributed by atoms with Gasteiger partial charge in [-0.3, -0.25) is 4.79 Å². The summed E-state index contributed by atoms with van der Waals surface area (Å²) in [6.45, 7) is 0.866. The van der Waals surface area contributed by atoms with Crippen molar-refractivity contribution in [1.82, 2.24) is 9.55 Å². The average Bonchev–Trinajstić information content (AvgIpc) is 3.03. The topological polar surface area (TPSA) is 55.1 Å². The van der Waals surface area contributed by atoms with Crippen LogP contribution in [0, 0.1) is 0 Å². The SMILES string of the molecule is O=C(O)CC1CCCn2c1c(Sc1ccc3ccccc3c1)c1c(S)ccnc12. The zero-order chi connectivity index (χ0) is 20.0. The number of nitrogens with zero attached hydrogens (tertiary/aromatic N) is 2. The number of hydrogen-bond donors (Lipinski definition) is 2. The van der Waals surface area contributed by atoms with Gasteiger partial charge in [0.15, 0.2) is 0 Å². The summed E-state index contributed by atoms with van der Waals surface area (Å²) >= 11 is 6.42. The highest BCUT2D eigenvalue weighted by atomic mass is 32.2. The van der Waals surface area contributed by atoms with Crippen molar-refractivity contribution in [3.8, 4) is 0 Å². The Kier molecular flexibility index (Phi) is 4.76. The Hall–Kier alpha value is -2.44. The Labute approximate surface area is 178 Å². The molecule has 1 unspecified atom stereocenters. The number of carboxylic acids is 1. The molecule has 0 saturated carbocycles. The maximum Gasteiger partial charge on any atom is 0.304 e. The van der Waals surface area contributed by atoms with Crippen molar-refractivity contribution in [1.29, 1.82) is 0 Å². The second-order valence-corrected chi connectivity index (χ2v) is 9.01. The molecule has 0 radical (unpaired) electrons. The van der Waals surface area contributed by atoms with Crippen molar-refractivity contribution in [2.45, 2.75) is 46.4 Å². The van der Waals surface area contributed by atoms with E-state index in [1.54, 1.807) is 18.0 Å². The number of carboxylic acid groups (broad SMARTS) is 1. The molecule has 146 valence electrons. The molecule has 2 aromatic heterocycles. The standard InChI is InChI=1S/C23H20N2O2S2/c26-19(27)13-16-6-3-11-25-21(16)22(20-18(28)9-10-24-23(20)25)29-17-8-7-14-4-1-2-5-15(14)12-17/h1-2,4-5,7-10,12,16H,3,6,11,13H2,(H,24,28)(H,26,27). The Morgan fingerprint density at radius 1 is 1.21 bits per heavy atom. The first kappa shape index (κ1) is 18.6. The third kappa shape index (κ3) is 3.30. The first-order valence-electron chi connectivity index (χ1n) is 9.70. The highest BCUT2D eigenvalue weighted by molar-refractivity contribution is 7.99. The van der Waals surface area contributed by atoms with Gasteiger partial charge in [-0.25, -0.2) is 4.98 Å². The van der Waals surface area contributed by atoms with Gasteiger partial charge >= 0.3 is 5.97 Å². The molecule has 3 heterocycles. The van der Waals surface area contributed by atoms with Crippen LogP contribution in [0.25, 0.3) is 21.8 Å². The van der Waals surface area contributed by atoms with Gasteiger partial charge in [0.05, 0.1) is 6.42 Å². The number of pyridine rings is 1. The van der Waals surface area contributed by atoms with Crippen molar-refractivity contribution in [3.05, 3.63) is 60.4 Å². The fourth-order valence-corrected chi connectivity index (χ4v) is 5.95. The normalized spacial score (nSPS) is 16.2. The molecule has 0 spiro atoms. The van der Waals surface area contributed by atoms with E-state index < -0.39 is 5.97 Å². The molecule has 2 aromatic carbocycles. The van der Waals surface area contributed by atoms with Gasteiger partial charge in [-0.1, -0.05) is 42.1 Å². The third-order valence-electron chi connectivity index (χ3n) is 5.60. The largest absolute Gasteiger partial charge is 0.481 e. The third-order valence-corrected chi connectivity index (χ3v) is 7.08. The molecule has 1 N–H and O–H groups in total. The number of benzene rings is 2. The van der Waals surface area contributed by atoms with Crippen LogP contribution in [0.15, 0.2) is 69.4 Å². The lowest BCUT2D eigenvalue weighted by Gasteiger charge is -2.25. The molecule has 1 aliphatic rings. The summed E-state index contributed by atoms with van der Waals surface area (Å²) in [5.74, 6) is -0.763. The summed E-state index contributed by atoms with van der Waals surface area (Å²) in [5.41, 5.74) is 2.01. The molecule has 1 aliphatic heterocycles. The number of aromatic nitrogens is 2. The number of hydrogen-bond acceptors (Lipinski definition) is 4. The number of fused-ring (bicyclic) bond motifs is 4. The van der Waals surface area contributed by atoms with Gasteiger partial charge in [0.25, 0.3) is 0 Å². The van der Waals surface area contributed by atoms with Gasteiger partial charge in [-0.05, 0) is 41.8 Å². The molecule has 5 rings (SSSR count). The van der Waals surface area contributed by atoms with Crippen LogP contribution in [0.4, 0.5) is 0 Å². The fraction of sp³-hybridized carbons (Fsp3) is 0.217. The molecule has 0 amide bonds. The van der Waals surface area contributed by atoms with E-state index in [2.05, 4.69) is 39.9 Å². The highest BCUT2D eigenvalue weighted by Gasteiger charge is 2.30. The van der Waals surface area contributed by atoms with Gasteiger partial charge in [-0.2, -0.15) is 0 Å². The highest BCUT2D eigenvalue weighted by Crippen LogP contribution is 2.47. The quantitative estimate of drug-likeness (QED) is 0.399. The molecular formula is C23H20N2O2S2. The Morgan fingerprint density at radius 2 is 2.03 bits per heavy atom. The number of aryl methyl sites for hydroxylation is 1. The van der Waals surface area contributed by atoms with Crippen molar-refractivity contribution in [3.63, 3.8) is 0 Å². The monoisotopic (exact) mass is 420 g/mol. The lowest BCUT2D eigenvalue weighted by atomic mass is 9.93. The smallest absolute Gasteiger partial charge is 0.304 e. The summed E-state index contributed by atoms with van der Waals surface area (Å²) in [4.78, 5) is 19.3. The summed E-state index contributed by atoms with van der Waals surface area (Å²) in [6, 6.07) is 16.7. The van der Waals surface area contributed by atoms with E-state index in [0.717, 1.165) is 50.8 Å². The first-order valence-corrected chi connectivity index (χ1v) is 11.0. The van der Waals surface area contributed by atoms with Crippen molar-refractivity contribution < 1.29 is 9.90 Å². The van der Waals surface area contributed by atoms with Crippen LogP contribution in [-0.2, 0) is 11.3 Å². The zero-order valence-corrected chi connectivity index (χ0v) is 17.4. The Balaban J connectivity index is 1.70. The minimum Gasteiger partial charge on any atom is -0.481 e. The zero-order valence-electron chi connectivity index (χ0n) is 15.7. The predicted octanol–water partition coefficient (Wildman–Crippen LogP) is 5.98. The van der Waals surface area contributed by atoms with Crippen LogP contribution in [0.5, 0.6) is 0 Å². The second kappa shape index (κ2) is 7.43. The van der Waals surface area contributed by atoms with E-state index >= 15 is 0 Å². The first-order chi connectivity index (χ1) is 14.1. The van der Waals surface area contributed by atoms with Crippen molar-refractivity contribution in [2.24, 2.45) is 0 Å². The molecule has 0 bridgehead atoms. The summed E-state index contributed by atoms with van der Waals surface area (Å²) < 4.78 is 2.22. The minimum absolute atomic E-state index is 0.00820. The van der Waals surface area contributed by atoms with E-state index in [4.69, 9.17) is 12.6 Å². The molecule has 4 aromatic rings. The van der Waals surface area contributed by atoms with Gasteiger partial charge < -0.3 is 9.67 Å². The van der Waals surface area contributed by atoms with E-state index in [1.165, 1.54) is 10.8 Å². The maximum atomic E-state index is 11.5. The molecule has 0 fully saturated rings. The number of thiol groups is 1. The van der Waals surface area contributed by atoms with Crippen LogP contribution < -0.4 is 0 Å². The van der Waals surface area contributed by atoms with Crippen molar-refractivity contribution >= 4 is 52.2 Å². The average molecular weight is 421 g/mol. The van der Waals surface area contributed by atoms with Crippen LogP contribution in [0.2, 0.25) is 0 Å². The minimum atomic E-state index is -0.755. The number of aliphatic carboxylic acids is 1. The molecule has 6 heteroatoms. The fourth-order valence-electron chi connectivity index (χ4n) is 4.35.